The van der Waals surface area contributed by atoms with Gasteiger partial charge in [0.05, 0.1) is 0 Å². The van der Waals surface area contributed by atoms with E-state index in [-0.39, 0.29) is 0 Å². The van der Waals surface area contributed by atoms with Crippen LogP contribution in [0.1, 0.15) is 63.5 Å². The SMILES string of the molecule is CCCCCCCC1CC(NC)c2cc(Cl)ccc2O1. The second-order valence-corrected chi connectivity index (χ2v) is 6.14. The number of benzene rings is 1. The van der Waals surface area contributed by atoms with E-state index in [0.29, 0.717) is 12.1 Å². The van der Waals surface area contributed by atoms with Crippen LogP contribution in [0.25, 0.3) is 0 Å². The molecule has 2 unspecified atom stereocenters. The fourth-order valence-electron chi connectivity index (χ4n) is 2.94. The van der Waals surface area contributed by atoms with Crippen molar-refractivity contribution in [1.82, 2.24) is 5.32 Å². The summed E-state index contributed by atoms with van der Waals surface area (Å²) in [4.78, 5) is 0. The highest BCUT2D eigenvalue weighted by Crippen LogP contribution is 2.37. The predicted molar refractivity (Wildman–Crippen MR) is 85.7 cm³/mol. The quantitative estimate of drug-likeness (QED) is 0.706. The van der Waals surface area contributed by atoms with E-state index >= 15 is 0 Å². The number of hydrogen-bond donors (Lipinski definition) is 1. The largest absolute Gasteiger partial charge is 0.490 e. The van der Waals surface area contributed by atoms with Crippen LogP contribution in [0.15, 0.2) is 18.2 Å². The molecule has 112 valence electrons. The molecule has 3 heteroatoms. The van der Waals surface area contributed by atoms with Crippen LogP contribution in [-0.4, -0.2) is 13.2 Å². The smallest absolute Gasteiger partial charge is 0.124 e. The average Bonchev–Trinajstić information content (AvgIpc) is 2.46. The fourth-order valence-corrected chi connectivity index (χ4v) is 3.12. The van der Waals surface area contributed by atoms with Crippen LogP contribution in [0.2, 0.25) is 5.02 Å². The van der Waals surface area contributed by atoms with Gasteiger partial charge in [-0.1, -0.05) is 44.2 Å². The van der Waals surface area contributed by atoms with Gasteiger partial charge < -0.3 is 10.1 Å². The Kier molecular flexibility index (Phi) is 6.18. The third kappa shape index (κ3) is 4.13. The molecule has 1 aromatic carbocycles. The number of nitrogens with one attached hydrogen (secondary N) is 1. The summed E-state index contributed by atoms with van der Waals surface area (Å²) in [6.07, 6.45) is 9.13. The van der Waals surface area contributed by atoms with Gasteiger partial charge in [0.15, 0.2) is 0 Å². The van der Waals surface area contributed by atoms with Crippen molar-refractivity contribution in [2.45, 2.75) is 64.0 Å². The minimum atomic E-state index is 0.336. The van der Waals surface area contributed by atoms with Gasteiger partial charge in [-0.25, -0.2) is 0 Å². The molecule has 1 aliphatic heterocycles. The molecule has 0 bridgehead atoms. The van der Waals surface area contributed by atoms with Crippen molar-refractivity contribution in [3.8, 4) is 5.75 Å². The van der Waals surface area contributed by atoms with E-state index in [4.69, 9.17) is 16.3 Å². The molecule has 2 nitrogen and oxygen atoms in total. The van der Waals surface area contributed by atoms with E-state index in [2.05, 4.69) is 12.2 Å². The maximum absolute atomic E-state index is 6.13. The number of unbranched alkanes of at least 4 members (excludes halogenated alkanes) is 4. The monoisotopic (exact) mass is 295 g/mol. The van der Waals surface area contributed by atoms with Crippen LogP contribution in [-0.2, 0) is 0 Å². The Morgan fingerprint density at radius 1 is 1.25 bits per heavy atom. The minimum absolute atomic E-state index is 0.336. The fraction of sp³-hybridized carbons (Fsp3) is 0.647. The Morgan fingerprint density at radius 2 is 2.05 bits per heavy atom. The number of ether oxygens (including phenoxy) is 1. The molecule has 2 atom stereocenters. The first-order valence-electron chi connectivity index (χ1n) is 7.88. The molecule has 0 aromatic heterocycles. The molecule has 0 amide bonds. The second kappa shape index (κ2) is 7.90. The number of halogens is 1. The first kappa shape index (κ1) is 15.7. The maximum Gasteiger partial charge on any atom is 0.124 e. The Bertz CT molecular complexity index is 421. The van der Waals surface area contributed by atoms with Crippen molar-refractivity contribution in [2.24, 2.45) is 0 Å². The summed E-state index contributed by atoms with van der Waals surface area (Å²) in [5.41, 5.74) is 1.20. The zero-order valence-electron chi connectivity index (χ0n) is 12.6. The van der Waals surface area contributed by atoms with Gasteiger partial charge in [0, 0.05) is 23.0 Å². The summed E-state index contributed by atoms with van der Waals surface area (Å²) in [5.74, 6) is 0.999. The highest BCUT2D eigenvalue weighted by Gasteiger charge is 2.27. The zero-order chi connectivity index (χ0) is 14.4. The molecule has 1 aromatic rings. The number of fused-ring (bicyclic) bond motifs is 1. The summed E-state index contributed by atoms with van der Waals surface area (Å²) in [7, 11) is 2.01. The Hall–Kier alpha value is -0.730. The molecule has 0 saturated heterocycles. The predicted octanol–water partition coefficient (Wildman–Crippen LogP) is 5.11. The molecule has 0 fully saturated rings. The van der Waals surface area contributed by atoms with Gasteiger partial charge >= 0.3 is 0 Å². The Morgan fingerprint density at radius 3 is 2.80 bits per heavy atom. The lowest BCUT2D eigenvalue weighted by Crippen LogP contribution is -2.31. The van der Waals surface area contributed by atoms with E-state index < -0.39 is 0 Å². The van der Waals surface area contributed by atoms with E-state index in [1.165, 1.54) is 37.7 Å². The molecule has 0 spiro atoms. The average molecular weight is 296 g/mol. The zero-order valence-corrected chi connectivity index (χ0v) is 13.4. The molecule has 0 saturated carbocycles. The summed E-state index contributed by atoms with van der Waals surface area (Å²) < 4.78 is 6.13. The van der Waals surface area contributed by atoms with E-state index in [1.54, 1.807) is 0 Å². The van der Waals surface area contributed by atoms with Gasteiger partial charge in [-0.3, -0.25) is 0 Å². The van der Waals surface area contributed by atoms with Crippen LogP contribution >= 0.6 is 11.6 Å². The van der Waals surface area contributed by atoms with Gasteiger partial charge in [0.25, 0.3) is 0 Å². The van der Waals surface area contributed by atoms with Crippen molar-refractivity contribution in [2.75, 3.05) is 7.05 Å². The van der Waals surface area contributed by atoms with Gasteiger partial charge in [-0.2, -0.15) is 0 Å². The summed E-state index contributed by atoms with van der Waals surface area (Å²) in [6, 6.07) is 6.30. The summed E-state index contributed by atoms with van der Waals surface area (Å²) in [6.45, 7) is 2.25. The molecule has 0 radical (unpaired) electrons. The first-order chi connectivity index (χ1) is 9.74. The van der Waals surface area contributed by atoms with E-state index in [0.717, 1.165) is 23.6 Å². The molecule has 1 aliphatic rings. The molecule has 0 aliphatic carbocycles. The third-order valence-electron chi connectivity index (χ3n) is 4.12. The topological polar surface area (TPSA) is 21.3 Å². The first-order valence-corrected chi connectivity index (χ1v) is 8.25. The van der Waals surface area contributed by atoms with Crippen LogP contribution in [0.4, 0.5) is 0 Å². The van der Waals surface area contributed by atoms with Gasteiger partial charge in [-0.15, -0.1) is 0 Å². The van der Waals surface area contributed by atoms with Crippen molar-refractivity contribution < 1.29 is 4.74 Å². The second-order valence-electron chi connectivity index (χ2n) is 5.70. The van der Waals surface area contributed by atoms with Crippen molar-refractivity contribution in [1.29, 1.82) is 0 Å². The minimum Gasteiger partial charge on any atom is -0.490 e. The highest BCUT2D eigenvalue weighted by molar-refractivity contribution is 6.30. The maximum atomic E-state index is 6.13. The van der Waals surface area contributed by atoms with Crippen LogP contribution in [0, 0.1) is 0 Å². The lowest BCUT2D eigenvalue weighted by atomic mass is 9.94. The highest BCUT2D eigenvalue weighted by atomic mass is 35.5. The molecule has 1 heterocycles. The van der Waals surface area contributed by atoms with Crippen molar-refractivity contribution in [3.63, 3.8) is 0 Å². The number of hydrogen-bond acceptors (Lipinski definition) is 2. The van der Waals surface area contributed by atoms with Gasteiger partial charge in [0.2, 0.25) is 0 Å². The molecule has 2 rings (SSSR count). The normalized spacial score (nSPS) is 21.4. The Labute approximate surface area is 127 Å². The third-order valence-corrected chi connectivity index (χ3v) is 4.35. The summed E-state index contributed by atoms with van der Waals surface area (Å²) >= 11 is 6.08. The summed E-state index contributed by atoms with van der Waals surface area (Å²) in [5, 5.41) is 4.17. The lowest BCUT2D eigenvalue weighted by molar-refractivity contribution is 0.140. The number of rotatable bonds is 7. The van der Waals surface area contributed by atoms with Crippen molar-refractivity contribution >= 4 is 11.6 Å². The van der Waals surface area contributed by atoms with Crippen molar-refractivity contribution in [3.05, 3.63) is 28.8 Å². The lowest BCUT2D eigenvalue weighted by Gasteiger charge is -2.32. The van der Waals surface area contributed by atoms with E-state index in [1.807, 2.05) is 25.2 Å². The molecule has 20 heavy (non-hydrogen) atoms. The van der Waals surface area contributed by atoms with Crippen LogP contribution < -0.4 is 10.1 Å². The molecular weight excluding hydrogens is 270 g/mol. The van der Waals surface area contributed by atoms with Crippen LogP contribution in [0.3, 0.4) is 0 Å². The van der Waals surface area contributed by atoms with Gasteiger partial charge in [0.1, 0.15) is 11.9 Å². The van der Waals surface area contributed by atoms with Crippen LogP contribution in [0.5, 0.6) is 5.75 Å². The standard InChI is InChI=1S/C17H26ClNO/c1-3-4-5-6-7-8-14-12-16(19-2)15-11-13(18)9-10-17(15)20-14/h9-11,14,16,19H,3-8,12H2,1-2H3. The molecule has 1 N–H and O–H groups in total. The van der Waals surface area contributed by atoms with E-state index in [9.17, 15) is 0 Å². The Balaban J connectivity index is 1.90. The molecular formula is C17H26ClNO. The van der Waals surface area contributed by atoms with Gasteiger partial charge in [-0.05, 0) is 38.1 Å².